The topological polar surface area (TPSA) is 79.4 Å². The molecule has 3 aromatic rings. The van der Waals surface area contributed by atoms with E-state index in [-0.39, 0.29) is 10.8 Å². The molecule has 1 heterocycles. The standard InChI is InChI=1S/C21H23N3O3S/c1-4-24(5-2)28(26,27)19-14-17(12-11-15(19)3)23-21(25)18-10-6-8-16-9-7-13-22-20(16)18/h6-14H,4-5H2,1-3H3,(H,23,25). The molecular weight excluding hydrogens is 374 g/mol. The number of nitrogens with one attached hydrogen (secondary N) is 1. The molecule has 0 atom stereocenters. The molecule has 6 nitrogen and oxygen atoms in total. The average Bonchev–Trinajstić information content (AvgIpc) is 2.69. The molecular formula is C21H23N3O3S. The van der Waals surface area contributed by atoms with E-state index in [0.717, 1.165) is 5.39 Å². The Morgan fingerprint density at radius 2 is 1.79 bits per heavy atom. The van der Waals surface area contributed by atoms with Crippen LogP contribution in [-0.4, -0.2) is 36.7 Å². The minimum atomic E-state index is -3.62. The summed E-state index contributed by atoms with van der Waals surface area (Å²) in [6.45, 7) is 6.12. The molecule has 0 radical (unpaired) electrons. The molecule has 0 saturated heterocycles. The molecule has 0 aliphatic rings. The van der Waals surface area contributed by atoms with Gasteiger partial charge in [-0.3, -0.25) is 9.78 Å². The quantitative estimate of drug-likeness (QED) is 0.686. The van der Waals surface area contributed by atoms with Crippen molar-refractivity contribution >= 4 is 32.5 Å². The predicted molar refractivity (Wildman–Crippen MR) is 111 cm³/mol. The maximum atomic E-state index is 12.9. The summed E-state index contributed by atoms with van der Waals surface area (Å²) in [6.07, 6.45) is 1.64. The number of fused-ring (bicyclic) bond motifs is 1. The van der Waals surface area contributed by atoms with Crippen LogP contribution in [0.25, 0.3) is 10.9 Å². The van der Waals surface area contributed by atoms with Crippen molar-refractivity contribution in [1.82, 2.24) is 9.29 Å². The van der Waals surface area contributed by atoms with E-state index < -0.39 is 10.0 Å². The summed E-state index contributed by atoms with van der Waals surface area (Å²) in [4.78, 5) is 17.3. The maximum absolute atomic E-state index is 12.9. The first-order valence-corrected chi connectivity index (χ1v) is 10.6. The number of para-hydroxylation sites is 1. The molecule has 0 fully saturated rings. The summed E-state index contributed by atoms with van der Waals surface area (Å²) in [5, 5.41) is 3.67. The second kappa shape index (κ2) is 8.08. The van der Waals surface area contributed by atoms with Gasteiger partial charge in [-0.1, -0.05) is 38.1 Å². The summed E-state index contributed by atoms with van der Waals surface area (Å²) in [5.41, 5.74) is 2.10. The number of rotatable bonds is 6. The molecule has 146 valence electrons. The van der Waals surface area contributed by atoms with Crippen molar-refractivity contribution in [2.24, 2.45) is 0 Å². The fourth-order valence-electron chi connectivity index (χ4n) is 3.14. The van der Waals surface area contributed by atoms with Crippen LogP contribution in [0.2, 0.25) is 0 Å². The highest BCUT2D eigenvalue weighted by Crippen LogP contribution is 2.24. The molecule has 0 unspecified atom stereocenters. The Morgan fingerprint density at radius 3 is 2.50 bits per heavy atom. The minimum absolute atomic E-state index is 0.199. The van der Waals surface area contributed by atoms with Gasteiger partial charge in [-0.2, -0.15) is 4.31 Å². The fraction of sp³-hybridized carbons (Fsp3) is 0.238. The lowest BCUT2D eigenvalue weighted by molar-refractivity contribution is 0.102. The second-order valence-corrected chi connectivity index (χ2v) is 8.31. The molecule has 0 aliphatic carbocycles. The number of sulfonamides is 1. The van der Waals surface area contributed by atoms with E-state index in [1.165, 1.54) is 10.4 Å². The molecule has 0 spiro atoms. The van der Waals surface area contributed by atoms with Crippen LogP contribution in [0, 0.1) is 6.92 Å². The Kier molecular flexibility index (Phi) is 5.76. The van der Waals surface area contributed by atoms with Crippen molar-refractivity contribution in [2.45, 2.75) is 25.7 Å². The Labute approximate surface area is 165 Å². The zero-order valence-corrected chi connectivity index (χ0v) is 17.0. The van der Waals surface area contributed by atoms with Gasteiger partial charge in [-0.15, -0.1) is 0 Å². The smallest absolute Gasteiger partial charge is 0.257 e. The molecule has 0 aliphatic heterocycles. The number of anilines is 1. The third-order valence-electron chi connectivity index (χ3n) is 4.65. The van der Waals surface area contributed by atoms with E-state index in [2.05, 4.69) is 10.3 Å². The van der Waals surface area contributed by atoms with Gasteiger partial charge in [0.05, 0.1) is 16.0 Å². The van der Waals surface area contributed by atoms with Crippen LogP contribution >= 0.6 is 0 Å². The summed E-state index contributed by atoms with van der Waals surface area (Å²) in [5.74, 6) is -0.334. The lowest BCUT2D eigenvalue weighted by Gasteiger charge is -2.20. The van der Waals surface area contributed by atoms with Crippen LogP contribution in [0.4, 0.5) is 5.69 Å². The van der Waals surface area contributed by atoms with Gasteiger partial charge in [0.1, 0.15) is 0 Å². The number of aryl methyl sites for hydroxylation is 1. The number of aromatic nitrogens is 1. The number of hydrogen-bond acceptors (Lipinski definition) is 4. The number of carbonyl (C=O) groups is 1. The Hall–Kier alpha value is -2.77. The molecule has 28 heavy (non-hydrogen) atoms. The first kappa shape index (κ1) is 20.0. The van der Waals surface area contributed by atoms with Gasteiger partial charge >= 0.3 is 0 Å². The van der Waals surface area contributed by atoms with Gasteiger partial charge in [-0.05, 0) is 36.8 Å². The Bertz CT molecular complexity index is 1120. The van der Waals surface area contributed by atoms with Gasteiger partial charge in [0.15, 0.2) is 0 Å². The molecule has 1 aromatic heterocycles. The summed E-state index contributed by atoms with van der Waals surface area (Å²) >= 11 is 0. The zero-order valence-electron chi connectivity index (χ0n) is 16.1. The maximum Gasteiger partial charge on any atom is 0.257 e. The van der Waals surface area contributed by atoms with Crippen LogP contribution in [0.5, 0.6) is 0 Å². The monoisotopic (exact) mass is 397 g/mol. The molecule has 2 aromatic carbocycles. The van der Waals surface area contributed by atoms with Gasteiger partial charge in [0.2, 0.25) is 10.0 Å². The third-order valence-corrected chi connectivity index (χ3v) is 6.84. The Morgan fingerprint density at radius 1 is 1.07 bits per heavy atom. The number of carbonyl (C=O) groups excluding carboxylic acids is 1. The van der Waals surface area contributed by atoms with E-state index in [1.54, 1.807) is 51.2 Å². The number of nitrogens with zero attached hydrogens (tertiary/aromatic N) is 2. The molecule has 1 N–H and O–H groups in total. The fourth-order valence-corrected chi connectivity index (χ4v) is 4.85. The van der Waals surface area contributed by atoms with Crippen LogP contribution in [0.3, 0.4) is 0 Å². The number of benzene rings is 2. The first-order chi connectivity index (χ1) is 13.4. The van der Waals surface area contributed by atoms with Gasteiger partial charge < -0.3 is 5.32 Å². The SMILES string of the molecule is CCN(CC)S(=O)(=O)c1cc(NC(=O)c2cccc3cccnc23)ccc1C. The second-order valence-electron chi connectivity index (χ2n) is 6.40. The highest BCUT2D eigenvalue weighted by Gasteiger charge is 2.24. The summed E-state index contributed by atoms with van der Waals surface area (Å²) < 4.78 is 27.2. The lowest BCUT2D eigenvalue weighted by atomic mass is 10.1. The minimum Gasteiger partial charge on any atom is -0.322 e. The largest absolute Gasteiger partial charge is 0.322 e. The van der Waals surface area contributed by atoms with E-state index in [4.69, 9.17) is 0 Å². The van der Waals surface area contributed by atoms with E-state index >= 15 is 0 Å². The number of pyridine rings is 1. The molecule has 0 saturated carbocycles. The van der Waals surface area contributed by atoms with Crippen LogP contribution in [0.1, 0.15) is 29.8 Å². The zero-order chi connectivity index (χ0) is 20.3. The molecule has 1 amide bonds. The molecule has 0 bridgehead atoms. The van der Waals surface area contributed by atoms with Crippen molar-refractivity contribution < 1.29 is 13.2 Å². The lowest BCUT2D eigenvalue weighted by Crippen LogP contribution is -2.31. The van der Waals surface area contributed by atoms with Crippen molar-refractivity contribution in [1.29, 1.82) is 0 Å². The molecule has 3 rings (SSSR count). The van der Waals surface area contributed by atoms with Crippen molar-refractivity contribution in [3.63, 3.8) is 0 Å². The summed E-state index contributed by atoms with van der Waals surface area (Å²) in [6, 6.07) is 14.0. The van der Waals surface area contributed by atoms with Gasteiger partial charge in [0.25, 0.3) is 5.91 Å². The van der Waals surface area contributed by atoms with E-state index in [9.17, 15) is 13.2 Å². The Balaban J connectivity index is 1.96. The average molecular weight is 398 g/mol. The van der Waals surface area contributed by atoms with Crippen molar-refractivity contribution in [3.8, 4) is 0 Å². The highest BCUT2D eigenvalue weighted by atomic mass is 32.2. The normalized spacial score (nSPS) is 11.7. The number of amides is 1. The van der Waals surface area contributed by atoms with Gasteiger partial charge in [-0.25, -0.2) is 8.42 Å². The van der Waals surface area contributed by atoms with Crippen LogP contribution in [0.15, 0.2) is 59.6 Å². The third kappa shape index (κ3) is 3.76. The summed E-state index contributed by atoms with van der Waals surface area (Å²) in [7, 11) is -3.62. The van der Waals surface area contributed by atoms with Crippen LogP contribution in [-0.2, 0) is 10.0 Å². The van der Waals surface area contributed by atoms with E-state index in [0.29, 0.717) is 35.4 Å². The van der Waals surface area contributed by atoms with E-state index in [1.807, 2.05) is 18.2 Å². The highest BCUT2D eigenvalue weighted by molar-refractivity contribution is 7.89. The number of hydrogen-bond donors (Lipinski definition) is 1. The predicted octanol–water partition coefficient (Wildman–Crippen LogP) is 3.83. The van der Waals surface area contributed by atoms with Crippen molar-refractivity contribution in [2.75, 3.05) is 18.4 Å². The van der Waals surface area contributed by atoms with Gasteiger partial charge in [0, 0.05) is 30.4 Å². The first-order valence-electron chi connectivity index (χ1n) is 9.14. The van der Waals surface area contributed by atoms with Crippen LogP contribution < -0.4 is 5.32 Å². The van der Waals surface area contributed by atoms with Crippen molar-refractivity contribution in [3.05, 3.63) is 65.9 Å². The molecule has 7 heteroatoms.